The minimum atomic E-state index is -0.382. The molecule has 0 bridgehead atoms. The normalized spacial score (nSPS) is 19.6. The summed E-state index contributed by atoms with van der Waals surface area (Å²) in [5.41, 5.74) is 1.02. The molecule has 1 aromatic heterocycles. The Morgan fingerprint density at radius 2 is 2.59 bits per heavy atom. The highest BCUT2D eigenvalue weighted by Crippen LogP contribution is 2.18. The molecule has 6 heteroatoms. The number of aliphatic hydroxyl groups is 1. The fourth-order valence-electron chi connectivity index (χ4n) is 1.83. The zero-order valence-electron chi connectivity index (χ0n) is 9.85. The number of anilines is 1. The Hall–Kier alpha value is -1.14. The number of rotatable bonds is 3. The van der Waals surface area contributed by atoms with E-state index in [0.717, 1.165) is 18.5 Å². The number of nitrogens with one attached hydrogen (secondary N) is 1. The van der Waals surface area contributed by atoms with Crippen molar-refractivity contribution in [3.63, 3.8) is 0 Å². The fraction of sp³-hybridized carbons (Fsp3) is 0.636. The van der Waals surface area contributed by atoms with Gasteiger partial charge >= 0.3 is 6.03 Å². The highest BCUT2D eigenvalue weighted by molar-refractivity contribution is 7.13. The summed E-state index contributed by atoms with van der Waals surface area (Å²) in [6.07, 6.45) is 2.27. The molecule has 0 spiro atoms. The predicted molar refractivity (Wildman–Crippen MR) is 67.3 cm³/mol. The number of aliphatic hydroxyl groups excluding tert-OH is 1. The van der Waals surface area contributed by atoms with Crippen molar-refractivity contribution < 1.29 is 9.90 Å². The zero-order valence-corrected chi connectivity index (χ0v) is 10.7. The first-order valence-corrected chi connectivity index (χ1v) is 6.75. The summed E-state index contributed by atoms with van der Waals surface area (Å²) in [5, 5.41) is 14.7. The van der Waals surface area contributed by atoms with Crippen molar-refractivity contribution in [2.45, 2.75) is 32.3 Å². The van der Waals surface area contributed by atoms with Crippen molar-refractivity contribution in [3.05, 3.63) is 11.1 Å². The van der Waals surface area contributed by atoms with E-state index in [9.17, 15) is 9.90 Å². The van der Waals surface area contributed by atoms with Crippen LogP contribution >= 0.6 is 11.3 Å². The second-order valence-corrected chi connectivity index (χ2v) is 5.07. The molecule has 17 heavy (non-hydrogen) atoms. The second kappa shape index (κ2) is 5.46. The molecule has 1 atom stereocenters. The van der Waals surface area contributed by atoms with Gasteiger partial charge in [0.05, 0.1) is 11.8 Å². The molecule has 1 aliphatic heterocycles. The van der Waals surface area contributed by atoms with Gasteiger partial charge in [-0.3, -0.25) is 5.32 Å². The lowest BCUT2D eigenvalue weighted by Gasteiger charge is -2.14. The van der Waals surface area contributed by atoms with Gasteiger partial charge in [0.25, 0.3) is 0 Å². The third-order valence-corrected chi connectivity index (χ3v) is 3.53. The van der Waals surface area contributed by atoms with E-state index in [4.69, 9.17) is 0 Å². The Balaban J connectivity index is 1.89. The SMILES string of the molecule is CCCc1csc(NC(=O)N2CC[C@H](O)C2)n1. The largest absolute Gasteiger partial charge is 0.391 e. The first-order chi connectivity index (χ1) is 8.19. The van der Waals surface area contributed by atoms with E-state index in [-0.39, 0.29) is 12.1 Å². The number of carbonyl (C=O) groups excluding carboxylic acids is 1. The van der Waals surface area contributed by atoms with Crippen LogP contribution in [0.5, 0.6) is 0 Å². The molecule has 1 fully saturated rings. The minimum absolute atomic E-state index is 0.168. The maximum absolute atomic E-state index is 11.8. The standard InChI is InChI=1S/C11H17N3O2S/c1-2-3-8-7-17-10(12-8)13-11(16)14-5-4-9(15)6-14/h7,9,15H,2-6H2,1H3,(H,12,13,16)/t9-/m0/s1. The zero-order chi connectivity index (χ0) is 12.3. The number of β-amino-alcohol motifs (C(OH)–C–C–N with tert-alkyl or cyclic N) is 1. The van der Waals surface area contributed by atoms with Crippen molar-refractivity contribution in [3.8, 4) is 0 Å². The molecule has 94 valence electrons. The van der Waals surface area contributed by atoms with Crippen molar-refractivity contribution in [2.75, 3.05) is 18.4 Å². The highest BCUT2D eigenvalue weighted by atomic mass is 32.1. The molecule has 5 nitrogen and oxygen atoms in total. The lowest BCUT2D eigenvalue weighted by Crippen LogP contribution is -2.33. The molecule has 1 aromatic rings. The van der Waals surface area contributed by atoms with Crippen LogP contribution in [0.15, 0.2) is 5.38 Å². The van der Waals surface area contributed by atoms with E-state index >= 15 is 0 Å². The lowest BCUT2D eigenvalue weighted by molar-refractivity contribution is 0.176. The fourth-order valence-corrected chi connectivity index (χ4v) is 2.57. The molecule has 1 saturated heterocycles. The minimum Gasteiger partial charge on any atom is -0.391 e. The van der Waals surface area contributed by atoms with E-state index < -0.39 is 0 Å². The highest BCUT2D eigenvalue weighted by Gasteiger charge is 2.24. The van der Waals surface area contributed by atoms with E-state index in [0.29, 0.717) is 24.6 Å². The molecular formula is C11H17N3O2S. The third kappa shape index (κ3) is 3.17. The average Bonchev–Trinajstić information content (AvgIpc) is 2.88. The molecule has 1 aliphatic rings. The Morgan fingerprint density at radius 3 is 3.24 bits per heavy atom. The Labute approximate surface area is 104 Å². The molecule has 0 aromatic carbocycles. The summed E-state index contributed by atoms with van der Waals surface area (Å²) >= 11 is 1.45. The Kier molecular flexibility index (Phi) is 3.96. The van der Waals surface area contributed by atoms with Gasteiger partial charge in [0.1, 0.15) is 0 Å². The van der Waals surface area contributed by atoms with Crippen LogP contribution < -0.4 is 5.32 Å². The molecule has 0 unspecified atom stereocenters. The number of hydrogen-bond acceptors (Lipinski definition) is 4. The van der Waals surface area contributed by atoms with Gasteiger partial charge in [0, 0.05) is 18.5 Å². The van der Waals surface area contributed by atoms with Crippen LogP contribution in [-0.4, -0.2) is 40.2 Å². The van der Waals surface area contributed by atoms with Crippen molar-refractivity contribution >= 4 is 22.5 Å². The van der Waals surface area contributed by atoms with Crippen molar-refractivity contribution in [1.29, 1.82) is 0 Å². The van der Waals surface area contributed by atoms with Crippen LogP contribution in [0.2, 0.25) is 0 Å². The molecule has 0 saturated carbocycles. The van der Waals surface area contributed by atoms with Crippen LogP contribution in [0.1, 0.15) is 25.5 Å². The Morgan fingerprint density at radius 1 is 1.76 bits per heavy atom. The number of amides is 2. The van der Waals surface area contributed by atoms with Crippen molar-refractivity contribution in [1.82, 2.24) is 9.88 Å². The predicted octanol–water partition coefficient (Wildman–Crippen LogP) is 1.69. The molecule has 2 N–H and O–H groups in total. The van der Waals surface area contributed by atoms with Gasteiger partial charge in [0.2, 0.25) is 0 Å². The first kappa shape index (κ1) is 12.3. The summed E-state index contributed by atoms with van der Waals surface area (Å²) in [6.45, 7) is 3.13. The van der Waals surface area contributed by atoms with E-state index in [2.05, 4.69) is 17.2 Å². The summed E-state index contributed by atoms with van der Waals surface area (Å²) in [4.78, 5) is 17.7. The Bertz CT molecular complexity index is 394. The molecular weight excluding hydrogens is 238 g/mol. The summed E-state index contributed by atoms with van der Waals surface area (Å²) in [7, 11) is 0. The lowest BCUT2D eigenvalue weighted by atomic mass is 10.3. The third-order valence-electron chi connectivity index (χ3n) is 2.72. The second-order valence-electron chi connectivity index (χ2n) is 4.21. The summed E-state index contributed by atoms with van der Waals surface area (Å²) in [6, 6.07) is -0.168. The topological polar surface area (TPSA) is 65.5 Å². The number of nitrogens with zero attached hydrogens (tertiary/aromatic N) is 2. The summed E-state index contributed by atoms with van der Waals surface area (Å²) in [5.74, 6) is 0. The van der Waals surface area contributed by atoms with Crippen LogP contribution in [0.25, 0.3) is 0 Å². The number of likely N-dealkylation sites (tertiary alicyclic amines) is 1. The number of urea groups is 1. The van der Waals surface area contributed by atoms with Gasteiger partial charge in [0.15, 0.2) is 5.13 Å². The van der Waals surface area contributed by atoms with Gasteiger partial charge < -0.3 is 10.0 Å². The smallest absolute Gasteiger partial charge is 0.323 e. The monoisotopic (exact) mass is 255 g/mol. The van der Waals surface area contributed by atoms with Gasteiger partial charge in [-0.05, 0) is 12.8 Å². The number of thiazole rings is 1. The molecule has 2 amide bonds. The molecule has 0 radical (unpaired) electrons. The number of aromatic nitrogens is 1. The maximum atomic E-state index is 11.8. The van der Waals surface area contributed by atoms with Gasteiger partial charge in [-0.15, -0.1) is 11.3 Å². The van der Waals surface area contributed by atoms with Gasteiger partial charge in [-0.1, -0.05) is 13.3 Å². The van der Waals surface area contributed by atoms with Crippen molar-refractivity contribution in [2.24, 2.45) is 0 Å². The maximum Gasteiger partial charge on any atom is 0.323 e. The van der Waals surface area contributed by atoms with Gasteiger partial charge in [-0.25, -0.2) is 9.78 Å². The number of hydrogen-bond donors (Lipinski definition) is 2. The van der Waals surface area contributed by atoms with Gasteiger partial charge in [-0.2, -0.15) is 0 Å². The van der Waals surface area contributed by atoms with E-state index in [1.165, 1.54) is 11.3 Å². The first-order valence-electron chi connectivity index (χ1n) is 5.87. The molecule has 2 heterocycles. The van der Waals surface area contributed by atoms with Crippen LogP contribution in [0, 0.1) is 0 Å². The van der Waals surface area contributed by atoms with E-state index in [1.807, 2.05) is 5.38 Å². The number of carbonyl (C=O) groups is 1. The van der Waals surface area contributed by atoms with Crippen LogP contribution in [0.4, 0.5) is 9.93 Å². The number of aryl methyl sites for hydroxylation is 1. The average molecular weight is 255 g/mol. The molecule has 0 aliphatic carbocycles. The van der Waals surface area contributed by atoms with Crippen LogP contribution in [-0.2, 0) is 6.42 Å². The van der Waals surface area contributed by atoms with Crippen LogP contribution in [0.3, 0.4) is 0 Å². The quantitative estimate of drug-likeness (QED) is 0.864. The summed E-state index contributed by atoms with van der Waals surface area (Å²) < 4.78 is 0. The molecule has 2 rings (SSSR count). The van der Waals surface area contributed by atoms with E-state index in [1.54, 1.807) is 4.90 Å².